The van der Waals surface area contributed by atoms with E-state index in [1.807, 2.05) is 0 Å². The second-order valence-electron chi connectivity index (χ2n) is 3.77. The van der Waals surface area contributed by atoms with Crippen molar-refractivity contribution in [3.8, 4) is 0 Å². The van der Waals surface area contributed by atoms with Crippen molar-refractivity contribution in [2.45, 2.75) is 0 Å². The lowest BCUT2D eigenvalue weighted by Crippen LogP contribution is -2.27. The number of hydrogen-bond donors (Lipinski definition) is 1. The Balaban J connectivity index is 2.31. The maximum Gasteiger partial charge on any atom is 0.263 e. The number of rotatable bonds is 2. The van der Waals surface area contributed by atoms with E-state index < -0.39 is 17.3 Å². The normalized spacial score (nSPS) is 10.1. The van der Waals surface area contributed by atoms with E-state index in [0.29, 0.717) is 0 Å². The summed E-state index contributed by atoms with van der Waals surface area (Å²) in [6, 6.07) is 8.77. The average Bonchev–Trinajstić information content (AvgIpc) is 2.35. The Morgan fingerprint density at radius 3 is 2.67 bits per heavy atom. The molecule has 0 aliphatic heterocycles. The van der Waals surface area contributed by atoms with E-state index in [9.17, 15) is 14.0 Å². The van der Waals surface area contributed by atoms with Gasteiger partial charge in [-0.1, -0.05) is 12.1 Å². The van der Waals surface area contributed by atoms with Gasteiger partial charge in [0.1, 0.15) is 11.4 Å². The number of benzene rings is 1. The van der Waals surface area contributed by atoms with Crippen LogP contribution in [0.2, 0.25) is 0 Å². The molecule has 0 spiro atoms. The molecule has 0 atom stereocenters. The summed E-state index contributed by atoms with van der Waals surface area (Å²) < 4.78 is 14.6. The summed E-state index contributed by atoms with van der Waals surface area (Å²) in [5.74, 6) is -1.17. The van der Waals surface area contributed by atoms with Crippen LogP contribution in [-0.2, 0) is 7.05 Å². The summed E-state index contributed by atoms with van der Waals surface area (Å²) in [4.78, 5) is 23.5. The van der Waals surface area contributed by atoms with Crippen LogP contribution < -0.4 is 10.9 Å². The molecule has 0 bridgehead atoms. The molecule has 2 aromatic rings. The fourth-order valence-corrected chi connectivity index (χ4v) is 1.52. The first-order valence-corrected chi connectivity index (χ1v) is 5.31. The van der Waals surface area contributed by atoms with Gasteiger partial charge in [-0.25, -0.2) is 4.39 Å². The molecule has 1 aromatic carbocycles. The summed E-state index contributed by atoms with van der Waals surface area (Å²) in [6.07, 6.45) is 1.54. The molecular weight excluding hydrogens is 235 g/mol. The number of aryl methyl sites for hydroxylation is 1. The number of halogens is 1. The van der Waals surface area contributed by atoms with Crippen LogP contribution in [0.25, 0.3) is 0 Å². The third-order valence-electron chi connectivity index (χ3n) is 2.49. The number of carbonyl (C=O) groups excluding carboxylic acids is 1. The first kappa shape index (κ1) is 12.0. The monoisotopic (exact) mass is 246 g/mol. The van der Waals surface area contributed by atoms with E-state index in [4.69, 9.17) is 0 Å². The Morgan fingerprint density at radius 1 is 1.22 bits per heavy atom. The van der Waals surface area contributed by atoms with Crippen molar-refractivity contribution in [3.05, 3.63) is 64.3 Å². The van der Waals surface area contributed by atoms with E-state index in [2.05, 4.69) is 5.32 Å². The van der Waals surface area contributed by atoms with Gasteiger partial charge in [0.2, 0.25) is 0 Å². The molecule has 2 rings (SSSR count). The van der Waals surface area contributed by atoms with Crippen LogP contribution in [0.3, 0.4) is 0 Å². The van der Waals surface area contributed by atoms with Crippen LogP contribution >= 0.6 is 0 Å². The number of anilines is 1. The minimum Gasteiger partial charge on any atom is -0.319 e. The molecule has 92 valence electrons. The predicted molar refractivity (Wildman–Crippen MR) is 66.0 cm³/mol. The van der Waals surface area contributed by atoms with E-state index in [0.717, 1.165) is 0 Å². The number of nitrogens with zero attached hydrogens (tertiary/aromatic N) is 1. The Bertz CT molecular complexity index is 649. The SMILES string of the molecule is Cn1cccc(C(=O)Nc2ccccc2F)c1=O. The van der Waals surface area contributed by atoms with Crippen molar-refractivity contribution >= 4 is 11.6 Å². The zero-order chi connectivity index (χ0) is 13.1. The lowest BCUT2D eigenvalue weighted by Gasteiger charge is -2.06. The zero-order valence-electron chi connectivity index (χ0n) is 9.68. The second kappa shape index (κ2) is 4.83. The number of hydrogen-bond acceptors (Lipinski definition) is 2. The molecule has 0 aliphatic carbocycles. The van der Waals surface area contributed by atoms with Gasteiger partial charge in [0, 0.05) is 13.2 Å². The quantitative estimate of drug-likeness (QED) is 0.878. The number of pyridine rings is 1. The number of nitrogens with one attached hydrogen (secondary N) is 1. The van der Waals surface area contributed by atoms with Crippen LogP contribution in [0, 0.1) is 5.82 Å². The number of carbonyl (C=O) groups is 1. The highest BCUT2D eigenvalue weighted by Gasteiger charge is 2.12. The molecule has 0 fully saturated rings. The molecular formula is C13H11FN2O2. The first-order valence-electron chi connectivity index (χ1n) is 5.31. The van der Waals surface area contributed by atoms with Crippen LogP contribution in [0.15, 0.2) is 47.4 Å². The van der Waals surface area contributed by atoms with Crippen LogP contribution in [0.1, 0.15) is 10.4 Å². The van der Waals surface area contributed by atoms with E-state index >= 15 is 0 Å². The van der Waals surface area contributed by atoms with Gasteiger partial charge in [-0.15, -0.1) is 0 Å². The summed E-state index contributed by atoms with van der Waals surface area (Å²) in [5, 5.41) is 2.37. The van der Waals surface area contributed by atoms with Gasteiger partial charge in [0.15, 0.2) is 0 Å². The molecule has 1 aromatic heterocycles. The maximum absolute atomic E-state index is 13.3. The third kappa shape index (κ3) is 2.29. The van der Waals surface area contributed by atoms with E-state index in [-0.39, 0.29) is 11.3 Å². The van der Waals surface area contributed by atoms with Crippen LogP contribution in [-0.4, -0.2) is 10.5 Å². The van der Waals surface area contributed by atoms with E-state index in [1.54, 1.807) is 25.4 Å². The lowest BCUT2D eigenvalue weighted by atomic mass is 10.2. The van der Waals surface area contributed by atoms with Gasteiger partial charge in [-0.2, -0.15) is 0 Å². The van der Waals surface area contributed by atoms with Gasteiger partial charge in [-0.3, -0.25) is 9.59 Å². The molecule has 1 N–H and O–H groups in total. The summed E-state index contributed by atoms with van der Waals surface area (Å²) in [7, 11) is 1.54. The molecule has 4 nitrogen and oxygen atoms in total. The van der Waals surface area contributed by atoms with Crippen LogP contribution in [0.4, 0.5) is 10.1 Å². The first-order chi connectivity index (χ1) is 8.59. The van der Waals surface area contributed by atoms with Gasteiger partial charge in [-0.05, 0) is 24.3 Å². The highest BCUT2D eigenvalue weighted by Crippen LogP contribution is 2.12. The molecule has 0 saturated heterocycles. The van der Waals surface area contributed by atoms with E-state index in [1.165, 1.54) is 28.8 Å². The highest BCUT2D eigenvalue weighted by molar-refractivity contribution is 6.04. The van der Waals surface area contributed by atoms with Crippen molar-refractivity contribution in [1.82, 2.24) is 4.57 Å². The number of amides is 1. The Kier molecular flexibility index (Phi) is 3.23. The van der Waals surface area contributed by atoms with Crippen molar-refractivity contribution < 1.29 is 9.18 Å². The number of para-hydroxylation sites is 1. The van der Waals surface area contributed by atoms with Gasteiger partial charge in [0.05, 0.1) is 5.69 Å². The highest BCUT2D eigenvalue weighted by atomic mass is 19.1. The Hall–Kier alpha value is -2.43. The third-order valence-corrected chi connectivity index (χ3v) is 2.49. The van der Waals surface area contributed by atoms with Crippen molar-refractivity contribution in [2.75, 3.05) is 5.32 Å². The average molecular weight is 246 g/mol. The van der Waals surface area contributed by atoms with Gasteiger partial charge in [0.25, 0.3) is 11.5 Å². The minimum atomic E-state index is -0.624. The Morgan fingerprint density at radius 2 is 1.94 bits per heavy atom. The second-order valence-corrected chi connectivity index (χ2v) is 3.77. The van der Waals surface area contributed by atoms with Crippen LogP contribution in [0.5, 0.6) is 0 Å². The minimum absolute atomic E-state index is 0.0248. The lowest BCUT2D eigenvalue weighted by molar-refractivity contribution is 0.102. The van der Waals surface area contributed by atoms with Gasteiger partial charge >= 0.3 is 0 Å². The molecule has 0 saturated carbocycles. The predicted octanol–water partition coefficient (Wildman–Crippen LogP) is 1.78. The maximum atomic E-state index is 13.3. The Labute approximate surface area is 103 Å². The summed E-state index contributed by atoms with van der Waals surface area (Å²) in [6.45, 7) is 0. The summed E-state index contributed by atoms with van der Waals surface area (Å²) >= 11 is 0. The zero-order valence-corrected chi connectivity index (χ0v) is 9.68. The van der Waals surface area contributed by atoms with Crippen molar-refractivity contribution in [2.24, 2.45) is 7.05 Å². The summed E-state index contributed by atoms with van der Waals surface area (Å²) in [5.41, 5.74) is -0.400. The standard InChI is InChI=1S/C13H11FN2O2/c1-16-8-4-5-9(13(16)18)12(17)15-11-7-3-2-6-10(11)14/h2-8H,1H3,(H,15,17). The molecule has 1 heterocycles. The fourth-order valence-electron chi connectivity index (χ4n) is 1.52. The molecule has 1 amide bonds. The molecule has 18 heavy (non-hydrogen) atoms. The van der Waals surface area contributed by atoms with Gasteiger partial charge < -0.3 is 9.88 Å². The molecule has 0 unspecified atom stereocenters. The molecule has 0 radical (unpaired) electrons. The molecule has 5 heteroatoms. The fraction of sp³-hybridized carbons (Fsp3) is 0.0769. The smallest absolute Gasteiger partial charge is 0.263 e. The largest absolute Gasteiger partial charge is 0.319 e. The van der Waals surface area contributed by atoms with Crippen molar-refractivity contribution in [1.29, 1.82) is 0 Å². The molecule has 0 aliphatic rings. The topological polar surface area (TPSA) is 51.1 Å². The number of aromatic nitrogens is 1. The van der Waals surface area contributed by atoms with Crippen molar-refractivity contribution in [3.63, 3.8) is 0 Å².